The molecule has 2 rings (SSSR count). The number of benzene rings is 1. The van der Waals surface area contributed by atoms with Gasteiger partial charge in [0, 0.05) is 6.07 Å². The van der Waals surface area contributed by atoms with Crippen LogP contribution in [-0.4, -0.2) is 16.2 Å². The van der Waals surface area contributed by atoms with Crippen LogP contribution in [0.4, 0.5) is 16.3 Å². The fraction of sp³-hybridized carbons (Fsp3) is 0.167. The number of urea groups is 1. The van der Waals surface area contributed by atoms with Crippen molar-refractivity contribution in [3.8, 4) is 0 Å². The van der Waals surface area contributed by atoms with Gasteiger partial charge in [-0.25, -0.2) is 4.79 Å². The number of anilines is 2. The number of aromatic amines is 1. The molecular formula is C12H13ClN4O. The van der Waals surface area contributed by atoms with Crippen molar-refractivity contribution < 1.29 is 4.79 Å². The summed E-state index contributed by atoms with van der Waals surface area (Å²) < 4.78 is 0. The predicted octanol–water partition coefficient (Wildman–Crippen LogP) is 3.32. The van der Waals surface area contributed by atoms with Gasteiger partial charge in [0.25, 0.3) is 0 Å². The molecule has 0 bridgehead atoms. The third-order valence-electron chi connectivity index (χ3n) is 2.58. The van der Waals surface area contributed by atoms with E-state index in [1.807, 2.05) is 26.0 Å². The van der Waals surface area contributed by atoms with Crippen molar-refractivity contribution in [2.75, 3.05) is 10.6 Å². The molecular weight excluding hydrogens is 252 g/mol. The maximum absolute atomic E-state index is 11.7. The van der Waals surface area contributed by atoms with Crippen LogP contribution in [0.15, 0.2) is 24.4 Å². The Kier molecular flexibility index (Phi) is 3.53. The standard InChI is InChI=1S/C12H13ClN4O/c1-7-5-9(13)10(6-8(7)2)15-12(18)16-11-3-4-14-17-11/h3-6H,1-2H3,(H3,14,15,16,17,18). The Bertz CT molecular complexity index is 566. The number of carbonyl (C=O) groups is 1. The van der Waals surface area contributed by atoms with E-state index in [0.717, 1.165) is 11.1 Å². The summed E-state index contributed by atoms with van der Waals surface area (Å²) in [6.07, 6.45) is 1.55. The number of halogens is 1. The largest absolute Gasteiger partial charge is 0.324 e. The van der Waals surface area contributed by atoms with Gasteiger partial charge in [0.15, 0.2) is 0 Å². The van der Waals surface area contributed by atoms with Crippen LogP contribution in [0.25, 0.3) is 0 Å². The lowest BCUT2D eigenvalue weighted by molar-refractivity contribution is 0.262. The Hall–Kier alpha value is -2.01. The number of carbonyl (C=O) groups excluding carboxylic acids is 1. The maximum atomic E-state index is 11.7. The van der Waals surface area contributed by atoms with Gasteiger partial charge in [-0.15, -0.1) is 0 Å². The number of aryl methyl sites for hydroxylation is 2. The first kappa shape index (κ1) is 12.4. The number of hydrogen-bond acceptors (Lipinski definition) is 2. The Labute approximate surface area is 110 Å². The van der Waals surface area contributed by atoms with Crippen LogP contribution >= 0.6 is 11.6 Å². The molecule has 0 unspecified atom stereocenters. The second kappa shape index (κ2) is 5.10. The van der Waals surface area contributed by atoms with E-state index in [0.29, 0.717) is 16.5 Å². The third kappa shape index (κ3) is 2.81. The molecule has 1 aromatic heterocycles. The second-order valence-electron chi connectivity index (χ2n) is 3.97. The van der Waals surface area contributed by atoms with E-state index in [1.54, 1.807) is 12.3 Å². The fourth-order valence-electron chi connectivity index (χ4n) is 1.48. The highest BCUT2D eigenvalue weighted by Crippen LogP contribution is 2.25. The van der Waals surface area contributed by atoms with Crippen LogP contribution in [0, 0.1) is 13.8 Å². The van der Waals surface area contributed by atoms with Gasteiger partial charge in [0.05, 0.1) is 16.9 Å². The molecule has 2 aromatic rings. The average Bonchev–Trinajstić information content (AvgIpc) is 2.78. The first-order chi connectivity index (χ1) is 8.56. The summed E-state index contributed by atoms with van der Waals surface area (Å²) in [4.78, 5) is 11.7. The molecule has 18 heavy (non-hydrogen) atoms. The van der Waals surface area contributed by atoms with Crippen molar-refractivity contribution in [2.45, 2.75) is 13.8 Å². The van der Waals surface area contributed by atoms with Crippen LogP contribution in [0.5, 0.6) is 0 Å². The molecule has 0 aliphatic heterocycles. The molecule has 0 spiro atoms. The number of rotatable bonds is 2. The smallest absolute Gasteiger partial charge is 0.306 e. The fourth-order valence-corrected chi connectivity index (χ4v) is 1.74. The quantitative estimate of drug-likeness (QED) is 0.779. The van der Waals surface area contributed by atoms with Gasteiger partial charge in [-0.05, 0) is 37.1 Å². The van der Waals surface area contributed by atoms with Crippen molar-refractivity contribution in [2.24, 2.45) is 0 Å². The summed E-state index contributed by atoms with van der Waals surface area (Å²) in [5, 5.41) is 12.2. The monoisotopic (exact) mass is 264 g/mol. The Morgan fingerprint density at radius 3 is 2.67 bits per heavy atom. The van der Waals surface area contributed by atoms with E-state index in [2.05, 4.69) is 20.8 Å². The van der Waals surface area contributed by atoms with Crippen molar-refractivity contribution in [3.63, 3.8) is 0 Å². The summed E-state index contributed by atoms with van der Waals surface area (Å²) in [6, 6.07) is 4.94. The van der Waals surface area contributed by atoms with Crippen molar-refractivity contribution >= 4 is 29.1 Å². The molecule has 0 radical (unpaired) electrons. The van der Waals surface area contributed by atoms with Crippen molar-refractivity contribution in [3.05, 3.63) is 40.5 Å². The van der Waals surface area contributed by atoms with E-state index in [4.69, 9.17) is 11.6 Å². The van der Waals surface area contributed by atoms with Crippen LogP contribution in [0.1, 0.15) is 11.1 Å². The second-order valence-corrected chi connectivity index (χ2v) is 4.37. The number of nitrogens with one attached hydrogen (secondary N) is 3. The molecule has 6 heteroatoms. The van der Waals surface area contributed by atoms with Crippen molar-refractivity contribution in [1.82, 2.24) is 10.2 Å². The highest BCUT2D eigenvalue weighted by atomic mass is 35.5. The van der Waals surface area contributed by atoms with Crippen LogP contribution < -0.4 is 10.6 Å². The molecule has 0 atom stereocenters. The highest BCUT2D eigenvalue weighted by Gasteiger charge is 2.08. The van der Waals surface area contributed by atoms with Gasteiger partial charge in [-0.1, -0.05) is 11.6 Å². The zero-order chi connectivity index (χ0) is 13.1. The summed E-state index contributed by atoms with van der Waals surface area (Å²) >= 11 is 6.06. The lowest BCUT2D eigenvalue weighted by atomic mass is 10.1. The molecule has 0 aliphatic rings. The molecule has 3 N–H and O–H groups in total. The van der Waals surface area contributed by atoms with Crippen LogP contribution in [-0.2, 0) is 0 Å². The van der Waals surface area contributed by atoms with Gasteiger partial charge in [0.1, 0.15) is 5.82 Å². The van der Waals surface area contributed by atoms with Crippen LogP contribution in [0.2, 0.25) is 5.02 Å². The molecule has 1 aromatic carbocycles. The maximum Gasteiger partial charge on any atom is 0.324 e. The van der Waals surface area contributed by atoms with Gasteiger partial charge in [0.2, 0.25) is 0 Å². The molecule has 2 amide bonds. The predicted molar refractivity (Wildman–Crippen MR) is 72.2 cm³/mol. The molecule has 94 valence electrons. The topological polar surface area (TPSA) is 69.8 Å². The zero-order valence-corrected chi connectivity index (χ0v) is 10.8. The van der Waals surface area contributed by atoms with Crippen LogP contribution in [0.3, 0.4) is 0 Å². The van der Waals surface area contributed by atoms with Gasteiger partial charge in [-0.2, -0.15) is 5.10 Å². The summed E-state index contributed by atoms with van der Waals surface area (Å²) in [7, 11) is 0. The molecule has 0 fully saturated rings. The van der Waals surface area contributed by atoms with E-state index in [-0.39, 0.29) is 6.03 Å². The summed E-state index contributed by atoms with van der Waals surface area (Å²) in [5.74, 6) is 0.521. The lowest BCUT2D eigenvalue weighted by Gasteiger charge is -2.10. The van der Waals surface area contributed by atoms with E-state index >= 15 is 0 Å². The summed E-state index contributed by atoms with van der Waals surface area (Å²) in [5.41, 5.74) is 2.73. The molecule has 0 saturated carbocycles. The Morgan fingerprint density at radius 2 is 2.00 bits per heavy atom. The minimum absolute atomic E-state index is 0.371. The van der Waals surface area contributed by atoms with E-state index in [9.17, 15) is 4.79 Å². The van der Waals surface area contributed by atoms with Gasteiger partial charge >= 0.3 is 6.03 Å². The van der Waals surface area contributed by atoms with Gasteiger partial charge < -0.3 is 5.32 Å². The number of H-pyrrole nitrogens is 1. The highest BCUT2D eigenvalue weighted by molar-refractivity contribution is 6.33. The Balaban J connectivity index is 2.09. The number of nitrogens with zero attached hydrogens (tertiary/aromatic N) is 1. The number of amides is 2. The first-order valence-corrected chi connectivity index (χ1v) is 5.78. The third-order valence-corrected chi connectivity index (χ3v) is 2.89. The molecule has 5 nitrogen and oxygen atoms in total. The zero-order valence-electron chi connectivity index (χ0n) is 10.0. The number of hydrogen-bond donors (Lipinski definition) is 3. The summed E-state index contributed by atoms with van der Waals surface area (Å²) in [6.45, 7) is 3.93. The number of aromatic nitrogens is 2. The average molecular weight is 265 g/mol. The minimum Gasteiger partial charge on any atom is -0.306 e. The molecule has 1 heterocycles. The molecule has 0 aliphatic carbocycles. The normalized spacial score (nSPS) is 10.2. The van der Waals surface area contributed by atoms with E-state index in [1.165, 1.54) is 0 Å². The van der Waals surface area contributed by atoms with E-state index < -0.39 is 0 Å². The van der Waals surface area contributed by atoms with Crippen molar-refractivity contribution in [1.29, 1.82) is 0 Å². The Morgan fingerprint density at radius 1 is 1.28 bits per heavy atom. The van der Waals surface area contributed by atoms with Gasteiger partial charge in [-0.3, -0.25) is 10.4 Å². The minimum atomic E-state index is -0.371. The molecule has 0 saturated heterocycles. The lowest BCUT2D eigenvalue weighted by Crippen LogP contribution is -2.20. The first-order valence-electron chi connectivity index (χ1n) is 5.40. The SMILES string of the molecule is Cc1cc(Cl)c(NC(=O)Nc2ccn[nH]2)cc1C.